The van der Waals surface area contributed by atoms with Crippen LogP contribution in [0.25, 0.3) is 11.5 Å². The van der Waals surface area contributed by atoms with E-state index in [4.69, 9.17) is 4.42 Å². The normalized spacial score (nSPS) is 11.5. The first-order valence-electron chi connectivity index (χ1n) is 7.26. The number of thiazole rings is 1. The Labute approximate surface area is 142 Å². The van der Waals surface area contributed by atoms with Gasteiger partial charge in [0.2, 0.25) is 0 Å². The number of rotatable bonds is 4. The van der Waals surface area contributed by atoms with Gasteiger partial charge in [-0.3, -0.25) is 14.9 Å². The van der Waals surface area contributed by atoms with Gasteiger partial charge in [0.1, 0.15) is 11.2 Å². The van der Waals surface area contributed by atoms with Crippen molar-refractivity contribution in [2.24, 2.45) is 0 Å². The molecule has 0 aliphatic rings. The second-order valence-electron chi connectivity index (χ2n) is 5.75. The number of nitrogens with zero attached hydrogens (tertiary/aromatic N) is 3. The molecule has 1 N–H and O–H groups in total. The molecule has 0 aliphatic carbocycles. The van der Waals surface area contributed by atoms with Crippen molar-refractivity contribution in [3.05, 3.63) is 52.0 Å². The summed E-state index contributed by atoms with van der Waals surface area (Å²) in [6.45, 7) is 5.10. The van der Waals surface area contributed by atoms with E-state index < -0.39 is 5.54 Å². The molecule has 7 nitrogen and oxygen atoms in total. The summed E-state index contributed by atoms with van der Waals surface area (Å²) in [5, 5.41) is 9.34. The number of hydrogen-bond donors (Lipinski definition) is 1. The van der Waals surface area contributed by atoms with Gasteiger partial charge in [-0.25, -0.2) is 9.67 Å². The Balaban J connectivity index is 1.95. The fourth-order valence-electron chi connectivity index (χ4n) is 2.13. The fraction of sp³-hybridized carbons (Fsp3) is 0.250. The highest BCUT2D eigenvalue weighted by Crippen LogP contribution is 2.21. The Morgan fingerprint density at radius 3 is 2.75 bits per heavy atom. The molecule has 0 spiro atoms. The van der Waals surface area contributed by atoms with Gasteiger partial charge in [-0.1, -0.05) is 0 Å². The van der Waals surface area contributed by atoms with Crippen molar-refractivity contribution in [1.29, 1.82) is 0 Å². The van der Waals surface area contributed by atoms with Crippen LogP contribution in [0.2, 0.25) is 0 Å². The number of anilines is 1. The molecule has 3 aromatic heterocycles. The van der Waals surface area contributed by atoms with E-state index in [9.17, 15) is 9.59 Å². The number of amides is 1. The topological polar surface area (TPSA) is 90.0 Å². The maximum Gasteiger partial charge on any atom is 0.267 e. The van der Waals surface area contributed by atoms with Crippen LogP contribution < -0.4 is 10.9 Å². The maximum absolute atomic E-state index is 12.6. The van der Waals surface area contributed by atoms with Crippen LogP contribution in [0.5, 0.6) is 0 Å². The molecular weight excluding hydrogens is 328 g/mol. The molecule has 1 amide bonds. The molecule has 24 heavy (non-hydrogen) atoms. The Morgan fingerprint density at radius 1 is 1.33 bits per heavy atom. The number of carbonyl (C=O) groups excluding carboxylic acids is 1. The van der Waals surface area contributed by atoms with Crippen molar-refractivity contribution in [2.45, 2.75) is 26.3 Å². The number of nitrogens with one attached hydrogen (secondary N) is 1. The third-order valence-electron chi connectivity index (χ3n) is 3.50. The number of aryl methyl sites for hydroxylation is 1. The van der Waals surface area contributed by atoms with Gasteiger partial charge in [0, 0.05) is 11.4 Å². The zero-order chi connectivity index (χ0) is 17.3. The first-order valence-corrected chi connectivity index (χ1v) is 8.14. The third-order valence-corrected chi connectivity index (χ3v) is 4.37. The molecule has 3 heterocycles. The third kappa shape index (κ3) is 3.00. The minimum absolute atomic E-state index is 0.372. The summed E-state index contributed by atoms with van der Waals surface area (Å²) in [6, 6.07) is 6.40. The SMILES string of the molecule is Cc1csc(NC(=O)C(C)(C)n2nc(-c3ccco3)ccc2=O)n1. The van der Waals surface area contributed by atoms with Gasteiger partial charge in [0.25, 0.3) is 11.5 Å². The molecule has 0 aromatic carbocycles. The molecule has 8 heteroatoms. The Kier molecular flexibility index (Phi) is 4.06. The van der Waals surface area contributed by atoms with Gasteiger partial charge < -0.3 is 4.42 Å². The molecule has 124 valence electrons. The minimum atomic E-state index is -1.20. The zero-order valence-electron chi connectivity index (χ0n) is 13.4. The molecule has 0 unspecified atom stereocenters. The Morgan fingerprint density at radius 2 is 2.12 bits per heavy atom. The zero-order valence-corrected chi connectivity index (χ0v) is 14.3. The van der Waals surface area contributed by atoms with Crippen LogP contribution in [-0.4, -0.2) is 20.7 Å². The number of aromatic nitrogens is 3. The summed E-state index contributed by atoms with van der Waals surface area (Å²) in [4.78, 5) is 29.1. The van der Waals surface area contributed by atoms with E-state index in [0.29, 0.717) is 16.6 Å². The highest BCUT2D eigenvalue weighted by atomic mass is 32.1. The molecule has 0 saturated heterocycles. The lowest BCUT2D eigenvalue weighted by molar-refractivity contribution is -0.123. The molecule has 0 fully saturated rings. The predicted octanol–water partition coefficient (Wildman–Crippen LogP) is 2.64. The summed E-state index contributed by atoms with van der Waals surface area (Å²) >= 11 is 1.33. The van der Waals surface area contributed by atoms with Gasteiger partial charge in [-0.05, 0) is 39.0 Å². The molecule has 0 radical (unpaired) electrons. The second-order valence-corrected chi connectivity index (χ2v) is 6.61. The standard InChI is InChI=1S/C16H16N4O3S/c1-10-9-24-15(17-10)18-14(22)16(2,3)20-13(21)7-6-11(19-20)12-5-4-8-23-12/h4-9H,1-3H3,(H,17,18,22). The molecule has 0 bridgehead atoms. The number of hydrogen-bond acceptors (Lipinski definition) is 6. The highest BCUT2D eigenvalue weighted by molar-refractivity contribution is 7.13. The van der Waals surface area contributed by atoms with Crippen molar-refractivity contribution in [2.75, 3.05) is 5.32 Å². The van der Waals surface area contributed by atoms with Crippen molar-refractivity contribution in [1.82, 2.24) is 14.8 Å². The van der Waals surface area contributed by atoms with Crippen LogP contribution >= 0.6 is 11.3 Å². The van der Waals surface area contributed by atoms with Crippen molar-refractivity contribution in [3.63, 3.8) is 0 Å². The van der Waals surface area contributed by atoms with E-state index >= 15 is 0 Å². The minimum Gasteiger partial charge on any atom is -0.463 e. The average molecular weight is 344 g/mol. The van der Waals surface area contributed by atoms with Crippen LogP contribution in [0, 0.1) is 6.92 Å². The van der Waals surface area contributed by atoms with Gasteiger partial charge in [-0.2, -0.15) is 5.10 Å². The Bertz CT molecular complexity index is 925. The first kappa shape index (κ1) is 16.1. The molecule has 0 aliphatic heterocycles. The first-order chi connectivity index (χ1) is 11.4. The Hall–Kier alpha value is -2.74. The van der Waals surface area contributed by atoms with Crippen LogP contribution in [0.4, 0.5) is 5.13 Å². The second kappa shape index (κ2) is 6.04. The van der Waals surface area contributed by atoms with Gasteiger partial charge in [0.15, 0.2) is 10.9 Å². The lowest BCUT2D eigenvalue weighted by atomic mass is 10.1. The molecule has 3 aromatic rings. The quantitative estimate of drug-likeness (QED) is 0.786. The monoisotopic (exact) mass is 344 g/mol. The smallest absolute Gasteiger partial charge is 0.267 e. The van der Waals surface area contributed by atoms with Gasteiger partial charge >= 0.3 is 0 Å². The van der Waals surface area contributed by atoms with E-state index in [0.717, 1.165) is 10.4 Å². The molecular formula is C16H16N4O3S. The van der Waals surface area contributed by atoms with E-state index in [-0.39, 0.29) is 11.5 Å². The highest BCUT2D eigenvalue weighted by Gasteiger charge is 2.33. The van der Waals surface area contributed by atoms with Crippen LogP contribution in [0.1, 0.15) is 19.5 Å². The van der Waals surface area contributed by atoms with Gasteiger partial charge in [-0.15, -0.1) is 11.3 Å². The van der Waals surface area contributed by atoms with Crippen molar-refractivity contribution >= 4 is 22.4 Å². The van der Waals surface area contributed by atoms with Crippen LogP contribution in [0.15, 0.2) is 45.1 Å². The van der Waals surface area contributed by atoms with Crippen molar-refractivity contribution < 1.29 is 9.21 Å². The number of furan rings is 1. The van der Waals surface area contributed by atoms with E-state index in [1.165, 1.54) is 23.7 Å². The molecule has 0 saturated carbocycles. The fourth-order valence-corrected chi connectivity index (χ4v) is 2.81. The predicted molar refractivity (Wildman–Crippen MR) is 91.0 cm³/mol. The maximum atomic E-state index is 12.6. The summed E-state index contributed by atoms with van der Waals surface area (Å²) in [5.41, 5.74) is -0.270. The summed E-state index contributed by atoms with van der Waals surface area (Å²) in [5.74, 6) is 0.151. The summed E-state index contributed by atoms with van der Waals surface area (Å²) < 4.78 is 6.45. The van der Waals surface area contributed by atoms with Crippen LogP contribution in [-0.2, 0) is 10.3 Å². The van der Waals surface area contributed by atoms with E-state index in [2.05, 4.69) is 15.4 Å². The number of carbonyl (C=O) groups is 1. The van der Waals surface area contributed by atoms with E-state index in [1.807, 2.05) is 12.3 Å². The lowest BCUT2D eigenvalue weighted by Crippen LogP contribution is -2.47. The summed E-state index contributed by atoms with van der Waals surface area (Å²) in [6.07, 6.45) is 1.52. The lowest BCUT2D eigenvalue weighted by Gasteiger charge is -2.24. The average Bonchev–Trinajstić information content (AvgIpc) is 3.19. The summed E-state index contributed by atoms with van der Waals surface area (Å²) in [7, 11) is 0. The van der Waals surface area contributed by atoms with E-state index in [1.54, 1.807) is 32.0 Å². The van der Waals surface area contributed by atoms with Gasteiger partial charge in [0.05, 0.1) is 12.0 Å². The molecule has 3 rings (SSSR count). The van der Waals surface area contributed by atoms with Crippen molar-refractivity contribution in [3.8, 4) is 11.5 Å². The largest absolute Gasteiger partial charge is 0.463 e. The molecule has 0 atom stereocenters. The van der Waals surface area contributed by atoms with Crippen LogP contribution in [0.3, 0.4) is 0 Å².